The number of aromatic nitrogens is 2. The normalized spacial score (nSPS) is 10.7. The summed E-state index contributed by atoms with van der Waals surface area (Å²) in [6.45, 7) is 1.96. The largest absolute Gasteiger partial charge is 0.398 e. The van der Waals surface area contributed by atoms with E-state index in [2.05, 4.69) is 10.1 Å². The van der Waals surface area contributed by atoms with Crippen LogP contribution >= 0.6 is 11.3 Å². The van der Waals surface area contributed by atoms with Crippen LogP contribution in [0.5, 0.6) is 0 Å². The fourth-order valence-corrected chi connectivity index (χ4v) is 2.26. The molecule has 0 aliphatic carbocycles. The lowest BCUT2D eigenvalue weighted by Gasteiger charge is -2.00. The molecular weight excluding hydrogens is 246 g/mol. The summed E-state index contributed by atoms with van der Waals surface area (Å²) in [7, 11) is 0. The Bertz CT molecular complexity index is 673. The lowest BCUT2D eigenvalue weighted by atomic mass is 10.1. The molecule has 0 bridgehead atoms. The zero-order valence-electron chi connectivity index (χ0n) is 9.75. The predicted octanol–water partition coefficient (Wildman–Crippen LogP) is 3.36. The van der Waals surface area contributed by atoms with Crippen molar-refractivity contribution in [3.05, 3.63) is 40.6 Å². The lowest BCUT2D eigenvalue weighted by molar-refractivity contribution is 0.432. The summed E-state index contributed by atoms with van der Waals surface area (Å²) in [6.07, 6.45) is 0. The molecule has 0 radical (unpaired) electrons. The third-order valence-corrected chi connectivity index (χ3v) is 3.41. The van der Waals surface area contributed by atoms with Gasteiger partial charge in [-0.1, -0.05) is 11.2 Å². The molecule has 3 aromatic rings. The van der Waals surface area contributed by atoms with Crippen molar-refractivity contribution in [2.24, 2.45) is 0 Å². The van der Waals surface area contributed by atoms with Crippen LogP contribution in [0.1, 0.15) is 5.56 Å². The standard InChI is InChI=1S/C13H11N3OS/c1-8-2-3-9(6-11(8)14)13-15-12(16-17-13)10-4-5-18-7-10/h2-7H,14H2,1H3. The Hall–Kier alpha value is -2.14. The minimum Gasteiger partial charge on any atom is -0.398 e. The summed E-state index contributed by atoms with van der Waals surface area (Å²) in [5.74, 6) is 1.09. The number of thiophene rings is 1. The van der Waals surface area contributed by atoms with Crippen LogP contribution in [0.25, 0.3) is 22.8 Å². The number of nitrogens with two attached hydrogens (primary N) is 1. The van der Waals surface area contributed by atoms with Gasteiger partial charge < -0.3 is 10.3 Å². The first-order chi connectivity index (χ1) is 8.74. The van der Waals surface area contributed by atoms with Gasteiger partial charge in [-0.05, 0) is 36.1 Å². The van der Waals surface area contributed by atoms with Crippen molar-refractivity contribution in [2.45, 2.75) is 6.92 Å². The summed E-state index contributed by atoms with van der Waals surface area (Å²) in [6, 6.07) is 7.68. The zero-order chi connectivity index (χ0) is 12.5. The van der Waals surface area contributed by atoms with Gasteiger partial charge in [0.25, 0.3) is 5.89 Å². The van der Waals surface area contributed by atoms with Crippen LogP contribution < -0.4 is 5.73 Å². The topological polar surface area (TPSA) is 64.9 Å². The van der Waals surface area contributed by atoms with Crippen LogP contribution in [-0.2, 0) is 0 Å². The van der Waals surface area contributed by atoms with Gasteiger partial charge in [-0.15, -0.1) is 0 Å². The molecule has 2 aromatic heterocycles. The maximum Gasteiger partial charge on any atom is 0.258 e. The third-order valence-electron chi connectivity index (χ3n) is 2.73. The van der Waals surface area contributed by atoms with E-state index < -0.39 is 0 Å². The molecule has 0 unspecified atom stereocenters. The highest BCUT2D eigenvalue weighted by atomic mass is 32.1. The Morgan fingerprint density at radius 2 is 2.11 bits per heavy atom. The molecule has 90 valence electrons. The molecule has 2 heterocycles. The number of anilines is 1. The van der Waals surface area contributed by atoms with Crippen LogP contribution in [0, 0.1) is 6.92 Å². The molecule has 18 heavy (non-hydrogen) atoms. The Balaban J connectivity index is 2.00. The predicted molar refractivity (Wildman–Crippen MR) is 72.2 cm³/mol. The van der Waals surface area contributed by atoms with Crippen molar-refractivity contribution in [3.8, 4) is 22.8 Å². The van der Waals surface area contributed by atoms with Crippen molar-refractivity contribution < 1.29 is 4.52 Å². The molecule has 4 nitrogen and oxygen atoms in total. The molecule has 0 spiro atoms. The molecule has 2 N–H and O–H groups in total. The summed E-state index contributed by atoms with van der Waals surface area (Å²) in [5.41, 5.74) is 9.44. The van der Waals surface area contributed by atoms with E-state index in [1.807, 2.05) is 41.9 Å². The summed E-state index contributed by atoms with van der Waals surface area (Å²) >= 11 is 1.60. The molecule has 1 aromatic carbocycles. The fraction of sp³-hybridized carbons (Fsp3) is 0.0769. The molecule has 0 aliphatic heterocycles. The molecule has 0 saturated heterocycles. The van der Waals surface area contributed by atoms with Gasteiger partial charge in [0.05, 0.1) is 0 Å². The monoisotopic (exact) mass is 257 g/mol. The van der Waals surface area contributed by atoms with Crippen LogP contribution in [0.15, 0.2) is 39.5 Å². The Morgan fingerprint density at radius 1 is 1.22 bits per heavy atom. The molecule has 5 heteroatoms. The van der Waals surface area contributed by atoms with Gasteiger partial charge in [0.15, 0.2) is 0 Å². The van der Waals surface area contributed by atoms with E-state index in [0.717, 1.165) is 22.4 Å². The summed E-state index contributed by atoms with van der Waals surface area (Å²) in [4.78, 5) is 4.37. The van der Waals surface area contributed by atoms with Crippen molar-refractivity contribution in [2.75, 3.05) is 5.73 Å². The second-order valence-corrected chi connectivity index (χ2v) is 4.79. The minimum atomic E-state index is 0.489. The fourth-order valence-electron chi connectivity index (χ4n) is 1.62. The first-order valence-corrected chi connectivity index (χ1v) is 6.41. The van der Waals surface area contributed by atoms with Gasteiger partial charge in [0, 0.05) is 22.2 Å². The average Bonchev–Trinajstić information content (AvgIpc) is 3.01. The first kappa shape index (κ1) is 11.0. The van der Waals surface area contributed by atoms with E-state index in [1.165, 1.54) is 0 Å². The van der Waals surface area contributed by atoms with E-state index >= 15 is 0 Å². The number of hydrogen-bond acceptors (Lipinski definition) is 5. The van der Waals surface area contributed by atoms with E-state index in [9.17, 15) is 0 Å². The minimum absolute atomic E-state index is 0.489. The quantitative estimate of drug-likeness (QED) is 0.715. The Labute approximate surface area is 108 Å². The van der Waals surface area contributed by atoms with Gasteiger partial charge in [0.2, 0.25) is 5.82 Å². The van der Waals surface area contributed by atoms with Gasteiger partial charge in [0.1, 0.15) is 0 Å². The number of hydrogen-bond donors (Lipinski definition) is 1. The van der Waals surface area contributed by atoms with E-state index in [-0.39, 0.29) is 0 Å². The second kappa shape index (κ2) is 4.27. The van der Waals surface area contributed by atoms with Gasteiger partial charge >= 0.3 is 0 Å². The lowest BCUT2D eigenvalue weighted by Crippen LogP contribution is -1.89. The zero-order valence-corrected chi connectivity index (χ0v) is 10.6. The summed E-state index contributed by atoms with van der Waals surface area (Å²) < 4.78 is 5.26. The maximum absolute atomic E-state index is 5.87. The molecule has 0 atom stereocenters. The average molecular weight is 257 g/mol. The van der Waals surface area contributed by atoms with Crippen LogP contribution in [0.3, 0.4) is 0 Å². The highest BCUT2D eigenvalue weighted by Crippen LogP contribution is 2.25. The van der Waals surface area contributed by atoms with E-state index in [0.29, 0.717) is 11.7 Å². The molecule has 0 amide bonds. The Morgan fingerprint density at radius 3 is 2.83 bits per heavy atom. The Kier molecular flexibility index (Phi) is 2.60. The molecule has 0 saturated carbocycles. The van der Waals surface area contributed by atoms with Gasteiger partial charge in [-0.3, -0.25) is 0 Å². The van der Waals surface area contributed by atoms with Crippen LogP contribution in [0.2, 0.25) is 0 Å². The van der Waals surface area contributed by atoms with Crippen molar-refractivity contribution in [1.82, 2.24) is 10.1 Å². The van der Waals surface area contributed by atoms with E-state index in [1.54, 1.807) is 11.3 Å². The number of aryl methyl sites for hydroxylation is 1. The van der Waals surface area contributed by atoms with E-state index in [4.69, 9.17) is 10.3 Å². The molecule has 3 rings (SSSR count). The number of nitrogens with zero attached hydrogens (tertiary/aromatic N) is 2. The molecule has 0 fully saturated rings. The smallest absolute Gasteiger partial charge is 0.258 e. The van der Waals surface area contributed by atoms with Crippen molar-refractivity contribution >= 4 is 17.0 Å². The first-order valence-electron chi connectivity index (χ1n) is 5.47. The SMILES string of the molecule is Cc1ccc(-c2nc(-c3ccsc3)no2)cc1N. The number of nitrogen functional groups attached to an aromatic ring is 1. The van der Waals surface area contributed by atoms with Gasteiger partial charge in [-0.25, -0.2) is 0 Å². The molecule has 0 aliphatic rings. The number of rotatable bonds is 2. The maximum atomic E-state index is 5.87. The van der Waals surface area contributed by atoms with Crippen molar-refractivity contribution in [3.63, 3.8) is 0 Å². The van der Waals surface area contributed by atoms with Crippen LogP contribution in [-0.4, -0.2) is 10.1 Å². The second-order valence-electron chi connectivity index (χ2n) is 4.01. The van der Waals surface area contributed by atoms with Crippen molar-refractivity contribution in [1.29, 1.82) is 0 Å². The van der Waals surface area contributed by atoms with Gasteiger partial charge in [-0.2, -0.15) is 16.3 Å². The molecular formula is C13H11N3OS. The number of benzene rings is 1. The highest BCUT2D eigenvalue weighted by molar-refractivity contribution is 7.08. The highest BCUT2D eigenvalue weighted by Gasteiger charge is 2.11. The van der Waals surface area contributed by atoms with Crippen LogP contribution in [0.4, 0.5) is 5.69 Å². The third kappa shape index (κ3) is 1.89. The summed E-state index contributed by atoms with van der Waals surface area (Å²) in [5, 5.41) is 7.93.